The maximum Gasteiger partial charge on any atom is 0.255 e. The van der Waals surface area contributed by atoms with E-state index in [0.717, 1.165) is 5.56 Å². The standard InChI is InChI=1S/C30H31ClN2O7/c1-29(2,16-7-5-4-6-8-16)33(3)13-15-11-19(34)22-18(24(15)31)10-14-9-17-12-20(35)23(28(32)39)27(38)30(17,40)26(37)21(14)25(22)36/h4-8,11,14,17,34,36,38,40H,9-10,12-13H2,1-3H3,(H2,32,39)/t14?,17-,30-/m0/s1. The van der Waals surface area contributed by atoms with E-state index in [1.807, 2.05) is 37.4 Å². The highest BCUT2D eigenvalue weighted by molar-refractivity contribution is 6.32. The van der Waals surface area contributed by atoms with E-state index in [4.69, 9.17) is 17.3 Å². The smallest absolute Gasteiger partial charge is 0.255 e. The molecule has 5 rings (SSSR count). The predicted molar refractivity (Wildman–Crippen MR) is 147 cm³/mol. The molecule has 0 bridgehead atoms. The van der Waals surface area contributed by atoms with E-state index in [9.17, 15) is 34.8 Å². The van der Waals surface area contributed by atoms with Gasteiger partial charge in [-0.25, -0.2) is 0 Å². The van der Waals surface area contributed by atoms with Crippen molar-refractivity contribution >= 4 is 34.8 Å². The van der Waals surface area contributed by atoms with Crippen molar-refractivity contribution in [2.45, 2.75) is 50.8 Å². The highest BCUT2D eigenvalue weighted by Crippen LogP contribution is 2.53. The third-order valence-corrected chi connectivity index (χ3v) is 9.38. The Balaban J connectivity index is 1.56. The molecule has 1 amide bonds. The van der Waals surface area contributed by atoms with Crippen molar-refractivity contribution in [3.63, 3.8) is 0 Å². The number of aliphatic hydroxyl groups is 3. The number of benzene rings is 2. The summed E-state index contributed by atoms with van der Waals surface area (Å²) in [4.78, 5) is 40.0. The summed E-state index contributed by atoms with van der Waals surface area (Å²) in [6, 6.07) is 11.4. The Bertz CT molecular complexity index is 1530. The van der Waals surface area contributed by atoms with E-state index < -0.39 is 52.0 Å². The van der Waals surface area contributed by atoms with Crippen LogP contribution in [-0.2, 0) is 32.9 Å². The fourth-order valence-electron chi connectivity index (χ4n) is 6.36. The number of phenols is 1. The number of primary amides is 1. The third-order valence-electron chi connectivity index (χ3n) is 8.91. The van der Waals surface area contributed by atoms with Crippen molar-refractivity contribution in [3.8, 4) is 5.75 Å². The molecule has 10 heteroatoms. The first-order valence-corrected chi connectivity index (χ1v) is 13.4. The van der Waals surface area contributed by atoms with E-state index in [0.29, 0.717) is 22.7 Å². The molecule has 3 aliphatic rings. The second-order valence-electron chi connectivity index (χ2n) is 11.4. The molecule has 210 valence electrons. The molecule has 2 aromatic rings. The largest absolute Gasteiger partial charge is 0.508 e. The molecule has 1 saturated carbocycles. The number of hydrogen-bond acceptors (Lipinski definition) is 8. The number of ketones is 2. The van der Waals surface area contributed by atoms with Gasteiger partial charge in [0.05, 0.1) is 5.56 Å². The number of amides is 1. The number of halogens is 1. The summed E-state index contributed by atoms with van der Waals surface area (Å²) >= 11 is 6.88. The minimum Gasteiger partial charge on any atom is -0.508 e. The van der Waals surface area contributed by atoms with Crippen LogP contribution >= 0.6 is 11.6 Å². The van der Waals surface area contributed by atoms with Crippen LogP contribution in [0.4, 0.5) is 0 Å². The van der Waals surface area contributed by atoms with Crippen LogP contribution in [0.25, 0.3) is 5.76 Å². The summed E-state index contributed by atoms with van der Waals surface area (Å²) in [5.41, 5.74) is 3.38. The van der Waals surface area contributed by atoms with Crippen molar-refractivity contribution in [2.24, 2.45) is 17.6 Å². The van der Waals surface area contributed by atoms with Crippen LogP contribution in [0, 0.1) is 11.8 Å². The lowest BCUT2D eigenvalue weighted by Gasteiger charge is -2.46. The number of Topliss-reactive ketones (excluding diaryl/α,β-unsaturated/α-hetero) is 2. The van der Waals surface area contributed by atoms with Gasteiger partial charge >= 0.3 is 0 Å². The summed E-state index contributed by atoms with van der Waals surface area (Å²) in [6.07, 6.45) is -0.175. The van der Waals surface area contributed by atoms with Crippen molar-refractivity contribution in [1.82, 2.24) is 4.90 Å². The quantitative estimate of drug-likeness (QED) is 0.344. The van der Waals surface area contributed by atoms with E-state index in [2.05, 4.69) is 18.7 Å². The van der Waals surface area contributed by atoms with Gasteiger partial charge in [-0.05, 0) is 62.4 Å². The Morgan fingerprint density at radius 2 is 1.80 bits per heavy atom. The molecule has 3 aliphatic carbocycles. The summed E-state index contributed by atoms with van der Waals surface area (Å²) in [5, 5.41) is 44.7. The van der Waals surface area contributed by atoms with Crippen molar-refractivity contribution in [1.29, 1.82) is 0 Å². The molecule has 0 spiro atoms. The Kier molecular flexibility index (Phi) is 6.60. The average Bonchev–Trinajstić information content (AvgIpc) is 2.89. The third kappa shape index (κ3) is 3.95. The van der Waals surface area contributed by atoms with Crippen LogP contribution in [-0.4, -0.2) is 55.4 Å². The number of rotatable bonds is 5. The monoisotopic (exact) mass is 566 g/mol. The molecular weight excluding hydrogens is 536 g/mol. The number of phenolic OH excluding ortho intramolecular Hbond substituents is 1. The summed E-state index contributed by atoms with van der Waals surface area (Å²) in [5.74, 6) is -6.68. The van der Waals surface area contributed by atoms with Gasteiger partial charge in [-0.15, -0.1) is 0 Å². The Morgan fingerprint density at radius 1 is 1.15 bits per heavy atom. The number of hydrogen-bond donors (Lipinski definition) is 5. The van der Waals surface area contributed by atoms with Crippen LogP contribution in [0.5, 0.6) is 5.75 Å². The van der Waals surface area contributed by atoms with Crippen LogP contribution < -0.4 is 5.73 Å². The van der Waals surface area contributed by atoms with Gasteiger partial charge in [0.2, 0.25) is 5.78 Å². The number of fused-ring (bicyclic) bond motifs is 3. The summed E-state index contributed by atoms with van der Waals surface area (Å²) in [7, 11) is 1.94. The highest BCUT2D eigenvalue weighted by atomic mass is 35.5. The Hall–Kier alpha value is -3.66. The van der Waals surface area contributed by atoms with E-state index in [-0.39, 0.29) is 41.7 Å². The molecule has 9 nitrogen and oxygen atoms in total. The molecule has 0 aliphatic heterocycles. The minimum absolute atomic E-state index is 0.0224. The minimum atomic E-state index is -2.60. The molecule has 0 radical (unpaired) electrons. The lowest BCUT2D eigenvalue weighted by molar-refractivity contribution is -0.147. The zero-order valence-corrected chi connectivity index (χ0v) is 23.1. The second-order valence-corrected chi connectivity index (χ2v) is 11.8. The average molecular weight is 567 g/mol. The first kappa shape index (κ1) is 27.9. The number of carbonyl (C=O) groups is 3. The number of aliphatic hydroxyl groups excluding tert-OH is 2. The van der Waals surface area contributed by atoms with Crippen LogP contribution in [0.15, 0.2) is 53.3 Å². The van der Waals surface area contributed by atoms with Gasteiger partial charge in [0.1, 0.15) is 22.8 Å². The summed E-state index contributed by atoms with van der Waals surface area (Å²) < 4.78 is 0. The van der Waals surface area contributed by atoms with Crippen LogP contribution in [0.3, 0.4) is 0 Å². The van der Waals surface area contributed by atoms with Crippen LogP contribution in [0.1, 0.15) is 48.9 Å². The van der Waals surface area contributed by atoms with Crippen molar-refractivity contribution < 1.29 is 34.8 Å². The van der Waals surface area contributed by atoms with Gasteiger partial charge in [-0.3, -0.25) is 19.3 Å². The summed E-state index contributed by atoms with van der Waals surface area (Å²) in [6.45, 7) is 4.51. The van der Waals surface area contributed by atoms with Crippen molar-refractivity contribution in [2.75, 3.05) is 7.05 Å². The zero-order valence-electron chi connectivity index (χ0n) is 22.4. The molecule has 0 heterocycles. The maximum absolute atomic E-state index is 13.6. The Morgan fingerprint density at radius 3 is 2.42 bits per heavy atom. The molecule has 40 heavy (non-hydrogen) atoms. The SMILES string of the molecule is CN(Cc1cc(O)c2c(c1Cl)CC1C[C@H]3CC(=O)C(C(N)=O)=C(O)[C@@]3(O)C(=O)C1=C2O)C(C)(C)c1ccccc1. The molecule has 2 aromatic carbocycles. The first-order chi connectivity index (χ1) is 18.7. The lowest BCUT2D eigenvalue weighted by Crippen LogP contribution is -2.58. The maximum atomic E-state index is 13.6. The Labute approximate surface area is 236 Å². The van der Waals surface area contributed by atoms with Gasteiger partial charge in [0.25, 0.3) is 5.91 Å². The number of aromatic hydroxyl groups is 1. The zero-order chi connectivity index (χ0) is 29.3. The molecule has 1 fully saturated rings. The number of nitrogens with zero attached hydrogens (tertiary/aromatic N) is 1. The van der Waals surface area contributed by atoms with E-state index >= 15 is 0 Å². The molecule has 6 N–H and O–H groups in total. The highest BCUT2D eigenvalue weighted by Gasteiger charge is 2.60. The number of carbonyl (C=O) groups excluding carboxylic acids is 3. The predicted octanol–water partition coefficient (Wildman–Crippen LogP) is 3.44. The van der Waals surface area contributed by atoms with Gasteiger partial charge in [-0.1, -0.05) is 41.9 Å². The van der Waals surface area contributed by atoms with Gasteiger partial charge in [0, 0.05) is 35.0 Å². The first-order valence-electron chi connectivity index (χ1n) is 13.0. The van der Waals surface area contributed by atoms with Crippen molar-refractivity contribution in [3.05, 3.63) is 80.6 Å². The number of nitrogens with two attached hydrogens (primary N) is 1. The molecule has 3 atom stereocenters. The fraction of sp³-hybridized carbons (Fsp3) is 0.367. The van der Waals surface area contributed by atoms with Crippen LogP contribution in [0.2, 0.25) is 5.02 Å². The van der Waals surface area contributed by atoms with E-state index in [1.54, 1.807) is 0 Å². The van der Waals surface area contributed by atoms with Gasteiger partial charge in [-0.2, -0.15) is 0 Å². The molecule has 1 unspecified atom stereocenters. The normalized spacial score (nSPS) is 24.6. The lowest BCUT2D eigenvalue weighted by atomic mass is 9.59. The van der Waals surface area contributed by atoms with Gasteiger partial charge in [0.15, 0.2) is 11.4 Å². The fourth-order valence-corrected chi connectivity index (χ4v) is 6.65. The molecular formula is C30H31ClN2O7. The second kappa shape index (κ2) is 9.47. The molecule has 0 aromatic heterocycles. The molecule has 0 saturated heterocycles. The van der Waals surface area contributed by atoms with Gasteiger partial charge < -0.3 is 26.2 Å². The topological polar surface area (TPSA) is 161 Å². The van der Waals surface area contributed by atoms with E-state index in [1.165, 1.54) is 6.07 Å².